The summed E-state index contributed by atoms with van der Waals surface area (Å²) in [5, 5.41) is 4.56. The van der Waals surface area contributed by atoms with E-state index in [4.69, 9.17) is 9.26 Å². The molecule has 0 amide bonds. The molecule has 1 aromatic carbocycles. The van der Waals surface area contributed by atoms with Crippen LogP contribution in [0, 0.1) is 5.92 Å². The van der Waals surface area contributed by atoms with Crippen LogP contribution in [-0.2, 0) is 9.84 Å². The minimum atomic E-state index is -3.23. The first-order valence-electron chi connectivity index (χ1n) is 10.6. The van der Waals surface area contributed by atoms with Gasteiger partial charge in [0, 0.05) is 42.4 Å². The first-order valence-corrected chi connectivity index (χ1v) is 13.3. The van der Waals surface area contributed by atoms with Gasteiger partial charge in [-0.25, -0.2) is 8.42 Å². The third-order valence-electron chi connectivity index (χ3n) is 5.66. The Hall–Kier alpha value is -2.53. The van der Waals surface area contributed by atoms with Gasteiger partial charge in [-0.1, -0.05) is 19.0 Å². The first-order chi connectivity index (χ1) is 15.2. The predicted octanol–water partition coefficient (Wildman–Crippen LogP) is 3.80. The van der Waals surface area contributed by atoms with Gasteiger partial charge in [0.05, 0.1) is 4.90 Å². The summed E-state index contributed by atoms with van der Waals surface area (Å²) in [7, 11) is -3.23. The number of ether oxygens (including phenoxy) is 1. The van der Waals surface area contributed by atoms with Gasteiger partial charge < -0.3 is 14.2 Å². The average Bonchev–Trinajstić information content (AvgIpc) is 3.43. The van der Waals surface area contributed by atoms with Crippen molar-refractivity contribution < 1.29 is 17.7 Å². The van der Waals surface area contributed by atoms with E-state index < -0.39 is 9.84 Å². The van der Waals surface area contributed by atoms with Crippen molar-refractivity contribution in [1.29, 1.82) is 0 Å². The lowest BCUT2D eigenvalue weighted by Gasteiger charge is -2.33. The Morgan fingerprint density at radius 1 is 1.12 bits per heavy atom. The van der Waals surface area contributed by atoms with Crippen molar-refractivity contribution in [3.63, 3.8) is 0 Å². The largest absolute Gasteiger partial charge is 0.466 e. The van der Waals surface area contributed by atoms with E-state index in [-0.39, 0.29) is 16.9 Å². The van der Waals surface area contributed by atoms with E-state index in [0.717, 1.165) is 37.3 Å². The number of sulfone groups is 1. The van der Waals surface area contributed by atoms with Gasteiger partial charge in [0.2, 0.25) is 0 Å². The molecular formula is C21H27N5O4S2. The Bertz CT molecular complexity index is 1150. The Labute approximate surface area is 191 Å². The maximum Gasteiger partial charge on any atom is 0.324 e. The van der Waals surface area contributed by atoms with Crippen LogP contribution >= 0.6 is 11.5 Å². The number of piperidine rings is 1. The fourth-order valence-electron chi connectivity index (χ4n) is 3.63. The highest BCUT2D eigenvalue weighted by Gasteiger charge is 2.28. The molecule has 3 heterocycles. The molecular weight excluding hydrogens is 450 g/mol. The summed E-state index contributed by atoms with van der Waals surface area (Å²) in [6.07, 6.45) is 3.10. The fraction of sp³-hybridized carbons (Fsp3) is 0.524. The molecule has 1 saturated heterocycles. The second-order valence-electron chi connectivity index (χ2n) is 8.42. The molecule has 1 unspecified atom stereocenters. The van der Waals surface area contributed by atoms with Crippen LogP contribution in [-0.4, -0.2) is 53.4 Å². The van der Waals surface area contributed by atoms with E-state index in [1.54, 1.807) is 24.3 Å². The van der Waals surface area contributed by atoms with E-state index in [1.165, 1.54) is 17.8 Å². The highest BCUT2D eigenvalue weighted by atomic mass is 32.2. The summed E-state index contributed by atoms with van der Waals surface area (Å²) in [4.78, 5) is 11.4. The second-order valence-corrected chi connectivity index (χ2v) is 11.1. The van der Waals surface area contributed by atoms with Gasteiger partial charge >= 0.3 is 6.01 Å². The molecule has 11 heteroatoms. The molecule has 172 valence electrons. The van der Waals surface area contributed by atoms with Crippen LogP contribution in [0.25, 0.3) is 11.4 Å². The normalized spacial score (nSPS) is 16.5. The molecule has 1 aliphatic heterocycles. The van der Waals surface area contributed by atoms with Crippen molar-refractivity contribution in [3.8, 4) is 16.6 Å². The number of aromatic nitrogens is 4. The number of nitrogens with zero attached hydrogens (tertiary/aromatic N) is 5. The molecule has 0 aliphatic carbocycles. The number of anilines is 1. The van der Waals surface area contributed by atoms with E-state index in [2.05, 4.69) is 31.3 Å². The quantitative estimate of drug-likeness (QED) is 0.501. The van der Waals surface area contributed by atoms with Crippen molar-refractivity contribution in [2.24, 2.45) is 5.92 Å². The van der Waals surface area contributed by atoms with Crippen LogP contribution in [0.5, 0.6) is 5.19 Å². The molecule has 2 aromatic heterocycles. The van der Waals surface area contributed by atoms with E-state index in [1.807, 2.05) is 13.8 Å². The summed E-state index contributed by atoms with van der Waals surface area (Å²) in [5.74, 6) is 1.90. The molecule has 4 rings (SSSR count). The fourth-order valence-corrected chi connectivity index (χ4v) is 4.89. The van der Waals surface area contributed by atoms with Crippen LogP contribution < -0.4 is 9.64 Å². The minimum absolute atomic E-state index is 0.000490. The van der Waals surface area contributed by atoms with Crippen LogP contribution in [0.2, 0.25) is 0 Å². The summed E-state index contributed by atoms with van der Waals surface area (Å²) >= 11 is 1.20. The maximum absolute atomic E-state index is 11.6. The van der Waals surface area contributed by atoms with E-state index >= 15 is 0 Å². The molecule has 32 heavy (non-hydrogen) atoms. The van der Waals surface area contributed by atoms with Gasteiger partial charge in [-0.05, 0) is 49.9 Å². The zero-order valence-electron chi connectivity index (χ0n) is 18.6. The molecule has 1 fully saturated rings. The number of hydrogen-bond donors (Lipinski definition) is 0. The van der Waals surface area contributed by atoms with Gasteiger partial charge in [-0.2, -0.15) is 14.3 Å². The summed E-state index contributed by atoms with van der Waals surface area (Å²) in [5.41, 5.74) is 0.754. The lowest BCUT2D eigenvalue weighted by Crippen LogP contribution is -2.38. The second kappa shape index (κ2) is 9.14. The molecule has 0 spiro atoms. The smallest absolute Gasteiger partial charge is 0.324 e. The Kier molecular flexibility index (Phi) is 6.47. The van der Waals surface area contributed by atoms with Crippen molar-refractivity contribution in [2.75, 3.05) is 24.2 Å². The number of benzene rings is 1. The third kappa shape index (κ3) is 5.09. The predicted molar refractivity (Wildman–Crippen MR) is 122 cm³/mol. The molecule has 0 N–H and O–H groups in total. The molecule has 3 aromatic rings. The monoisotopic (exact) mass is 477 g/mol. The SMILES string of the molecule is CC(C)c1noc(N2CCC(C(C)Oc3nc(-c4ccc(S(C)(=O)=O)cc4)ns3)CC2)n1. The van der Waals surface area contributed by atoms with Crippen molar-refractivity contribution >= 4 is 27.4 Å². The summed E-state index contributed by atoms with van der Waals surface area (Å²) in [6, 6.07) is 7.15. The van der Waals surface area contributed by atoms with Crippen molar-refractivity contribution in [3.05, 3.63) is 30.1 Å². The zero-order valence-corrected chi connectivity index (χ0v) is 20.2. The lowest BCUT2D eigenvalue weighted by atomic mass is 9.92. The Morgan fingerprint density at radius 2 is 1.81 bits per heavy atom. The molecule has 0 radical (unpaired) electrons. The number of rotatable bonds is 7. The van der Waals surface area contributed by atoms with Crippen LogP contribution in [0.15, 0.2) is 33.7 Å². The van der Waals surface area contributed by atoms with Crippen LogP contribution in [0.1, 0.15) is 45.4 Å². The third-order valence-corrected chi connectivity index (χ3v) is 7.39. The Morgan fingerprint density at radius 3 is 2.41 bits per heavy atom. The standard InChI is InChI=1S/C21H27N5O4S2/c1-13(2)18-22-20(30-24-18)26-11-9-15(10-12-26)14(3)29-21-23-19(25-31-21)16-5-7-17(8-6-16)32(4,27)28/h5-8,13-15H,9-12H2,1-4H3. The highest BCUT2D eigenvalue weighted by molar-refractivity contribution is 7.90. The molecule has 0 saturated carbocycles. The van der Waals surface area contributed by atoms with Crippen molar-refractivity contribution in [1.82, 2.24) is 19.5 Å². The molecule has 1 atom stereocenters. The Balaban J connectivity index is 1.33. The molecule has 0 bridgehead atoms. The molecule has 1 aliphatic rings. The van der Waals surface area contributed by atoms with Gasteiger partial charge in [0.15, 0.2) is 21.5 Å². The topological polar surface area (TPSA) is 111 Å². The van der Waals surface area contributed by atoms with Crippen molar-refractivity contribution in [2.45, 2.75) is 50.5 Å². The highest BCUT2D eigenvalue weighted by Crippen LogP contribution is 2.29. The average molecular weight is 478 g/mol. The van der Waals surface area contributed by atoms with Gasteiger partial charge in [-0.3, -0.25) is 0 Å². The zero-order chi connectivity index (χ0) is 22.9. The lowest BCUT2D eigenvalue weighted by molar-refractivity contribution is 0.131. The van der Waals surface area contributed by atoms with Gasteiger partial charge in [-0.15, -0.1) is 0 Å². The number of hydrogen-bond acceptors (Lipinski definition) is 10. The van der Waals surface area contributed by atoms with Gasteiger partial charge in [0.25, 0.3) is 5.19 Å². The summed E-state index contributed by atoms with van der Waals surface area (Å²) < 4.78 is 39.1. The maximum atomic E-state index is 11.6. The van der Waals surface area contributed by atoms with Crippen LogP contribution in [0.3, 0.4) is 0 Å². The van der Waals surface area contributed by atoms with E-state index in [0.29, 0.717) is 23.0 Å². The van der Waals surface area contributed by atoms with Crippen LogP contribution in [0.4, 0.5) is 6.01 Å². The summed E-state index contributed by atoms with van der Waals surface area (Å²) in [6.45, 7) is 7.83. The first kappa shape index (κ1) is 22.7. The molecule has 9 nitrogen and oxygen atoms in total. The van der Waals surface area contributed by atoms with E-state index in [9.17, 15) is 8.42 Å². The van der Waals surface area contributed by atoms with Gasteiger partial charge in [0.1, 0.15) is 6.10 Å². The minimum Gasteiger partial charge on any atom is -0.466 e.